The smallest absolute Gasteiger partial charge is 0.330 e. The number of nitrogens with zero attached hydrogens (tertiary/aromatic N) is 4. The molecule has 1 aliphatic rings. The second kappa shape index (κ2) is 9.87. The van der Waals surface area contributed by atoms with E-state index in [1.165, 1.54) is 10.8 Å². The molecule has 0 aromatic carbocycles. The molecule has 1 saturated heterocycles. The number of alkyl halides is 1. The van der Waals surface area contributed by atoms with Gasteiger partial charge < -0.3 is 19.3 Å². The van der Waals surface area contributed by atoms with Crippen molar-refractivity contribution in [3.8, 4) is 0 Å². The lowest BCUT2D eigenvalue weighted by atomic mass is 10.1. The van der Waals surface area contributed by atoms with Gasteiger partial charge in [-0.1, -0.05) is 5.21 Å². The first-order chi connectivity index (χ1) is 14.0. The van der Waals surface area contributed by atoms with Crippen LogP contribution in [0.1, 0.15) is 29.9 Å². The Bertz CT molecular complexity index is 912. The monoisotopic (exact) mass is 412 g/mol. The van der Waals surface area contributed by atoms with Crippen LogP contribution in [0.2, 0.25) is 0 Å². The second-order valence-corrected chi connectivity index (χ2v) is 6.64. The number of hydrogen-bond acceptors (Lipinski definition) is 8. The van der Waals surface area contributed by atoms with Crippen LogP contribution in [-0.4, -0.2) is 68.9 Å². The van der Waals surface area contributed by atoms with Gasteiger partial charge in [-0.05, 0) is 6.92 Å². The number of aliphatic hydroxyl groups excluding tert-OH is 1. The lowest BCUT2D eigenvalue weighted by Gasteiger charge is -2.15. The summed E-state index contributed by atoms with van der Waals surface area (Å²) in [6, 6.07) is -0.349. The molecule has 0 bridgehead atoms. The van der Waals surface area contributed by atoms with Crippen LogP contribution in [0, 0.1) is 6.92 Å². The maximum absolute atomic E-state index is 12.1. The Balaban J connectivity index is 1.63. The van der Waals surface area contributed by atoms with Crippen molar-refractivity contribution >= 4 is 0 Å². The fourth-order valence-electron chi connectivity index (χ4n) is 3.12. The van der Waals surface area contributed by atoms with E-state index in [0.29, 0.717) is 24.3 Å². The lowest BCUT2D eigenvalue weighted by molar-refractivity contribution is -0.0323. The van der Waals surface area contributed by atoms with E-state index in [9.17, 15) is 19.1 Å². The third kappa shape index (κ3) is 5.15. The summed E-state index contributed by atoms with van der Waals surface area (Å²) in [6.07, 6.45) is 2.23. The van der Waals surface area contributed by atoms with Crippen LogP contribution in [0.5, 0.6) is 0 Å². The Kier molecular flexibility index (Phi) is 7.25. The van der Waals surface area contributed by atoms with Crippen molar-refractivity contribution in [1.82, 2.24) is 24.5 Å². The van der Waals surface area contributed by atoms with Crippen LogP contribution in [-0.2, 0) is 20.8 Å². The van der Waals surface area contributed by atoms with E-state index in [0.717, 1.165) is 0 Å². The summed E-state index contributed by atoms with van der Waals surface area (Å²) >= 11 is 0. The zero-order chi connectivity index (χ0) is 20.8. The Labute approximate surface area is 165 Å². The van der Waals surface area contributed by atoms with Gasteiger partial charge in [-0.3, -0.25) is 14.3 Å². The van der Waals surface area contributed by atoms with Crippen molar-refractivity contribution in [3.63, 3.8) is 0 Å². The number of aromatic amines is 1. The van der Waals surface area contributed by atoms with Crippen LogP contribution < -0.4 is 11.2 Å². The number of aliphatic hydroxyl groups is 1. The number of hydrogen-bond donors (Lipinski definition) is 2. The van der Waals surface area contributed by atoms with Gasteiger partial charge in [0.1, 0.15) is 24.7 Å². The first-order valence-corrected chi connectivity index (χ1v) is 9.24. The average molecular weight is 412 g/mol. The highest BCUT2D eigenvalue weighted by molar-refractivity contribution is 5.02. The molecular formula is C17H24FN5O6. The van der Waals surface area contributed by atoms with Gasteiger partial charge in [-0.25, -0.2) is 13.9 Å². The van der Waals surface area contributed by atoms with Crippen molar-refractivity contribution in [2.75, 3.05) is 33.1 Å². The van der Waals surface area contributed by atoms with Crippen molar-refractivity contribution in [1.29, 1.82) is 0 Å². The quantitative estimate of drug-likeness (QED) is 0.497. The predicted molar refractivity (Wildman–Crippen MR) is 97.2 cm³/mol. The van der Waals surface area contributed by atoms with E-state index < -0.39 is 30.3 Å². The van der Waals surface area contributed by atoms with Crippen LogP contribution in [0.25, 0.3) is 0 Å². The Hall–Kier alpha value is -2.41. The highest BCUT2D eigenvalue weighted by atomic mass is 18.2. The standard InChI is InChI=1S/C17H24FN5O6/c1-11-7-22(17(26)19-16(11)25)15-6-13(14(9-24)29-15)23-8-12(20-21-23)10-28-5-4-27-3-2-18/h7-8,13-15,24H,2-6,9-10H2,1H3,(H,19,25,26)/t13-,14+,15+/m0/s1/i18-1. The van der Waals surface area contributed by atoms with Crippen LogP contribution in [0.15, 0.2) is 22.0 Å². The predicted octanol–water partition coefficient (Wildman–Crippen LogP) is -0.540. The van der Waals surface area contributed by atoms with Crippen molar-refractivity contribution in [3.05, 3.63) is 44.5 Å². The highest BCUT2D eigenvalue weighted by Crippen LogP contribution is 2.35. The largest absolute Gasteiger partial charge is 0.394 e. The molecular weight excluding hydrogens is 388 g/mol. The van der Waals surface area contributed by atoms with Crippen molar-refractivity contribution < 1.29 is 23.7 Å². The number of nitrogens with one attached hydrogen (secondary N) is 1. The van der Waals surface area contributed by atoms with E-state index in [1.807, 2.05) is 0 Å². The van der Waals surface area contributed by atoms with Gasteiger partial charge >= 0.3 is 5.69 Å². The third-order valence-corrected chi connectivity index (χ3v) is 4.58. The fraction of sp³-hybridized carbons (Fsp3) is 0.647. The van der Waals surface area contributed by atoms with Crippen molar-refractivity contribution in [2.24, 2.45) is 0 Å². The van der Waals surface area contributed by atoms with E-state index >= 15 is 0 Å². The molecule has 11 nitrogen and oxygen atoms in total. The molecule has 0 aliphatic carbocycles. The summed E-state index contributed by atoms with van der Waals surface area (Å²) in [5.41, 5.74) is -0.0679. The molecule has 2 N–H and O–H groups in total. The maximum atomic E-state index is 12.1. The summed E-state index contributed by atoms with van der Waals surface area (Å²) in [6.45, 7) is 1.63. The average Bonchev–Trinajstić information content (AvgIpc) is 3.34. The summed E-state index contributed by atoms with van der Waals surface area (Å²) in [4.78, 5) is 25.9. The Morgan fingerprint density at radius 2 is 2.10 bits per heavy atom. The Morgan fingerprint density at radius 1 is 1.31 bits per heavy atom. The normalized spacial score (nSPS) is 21.7. The molecule has 2 aromatic heterocycles. The SMILES string of the molecule is Cc1cn([C@H]2C[C@H](n3cc(COCCOCC[18F])nn3)[C@@H](CO)O2)c(=O)[nH]c1=O. The zero-order valence-corrected chi connectivity index (χ0v) is 16.0. The van der Waals surface area contributed by atoms with Crippen LogP contribution in [0.4, 0.5) is 4.39 Å². The molecule has 1 aliphatic heterocycles. The fourth-order valence-corrected chi connectivity index (χ4v) is 3.12. The topological polar surface area (TPSA) is 133 Å². The molecule has 0 radical (unpaired) electrons. The lowest BCUT2D eigenvalue weighted by Crippen LogP contribution is -2.33. The summed E-state index contributed by atoms with van der Waals surface area (Å²) in [5.74, 6) is 0. The molecule has 0 unspecified atom stereocenters. The molecule has 0 saturated carbocycles. The van der Waals surface area contributed by atoms with Gasteiger partial charge in [-0.2, -0.15) is 0 Å². The summed E-state index contributed by atoms with van der Waals surface area (Å²) in [5, 5.41) is 17.8. The third-order valence-electron chi connectivity index (χ3n) is 4.58. The number of rotatable bonds is 10. The van der Waals surface area contributed by atoms with Crippen LogP contribution >= 0.6 is 0 Å². The molecule has 3 heterocycles. The maximum Gasteiger partial charge on any atom is 0.330 e. The van der Waals surface area contributed by atoms with Gasteiger partial charge in [-0.15, -0.1) is 5.10 Å². The van der Waals surface area contributed by atoms with Gasteiger partial charge in [0, 0.05) is 18.2 Å². The molecule has 0 amide bonds. The molecule has 3 atom stereocenters. The van der Waals surface area contributed by atoms with Gasteiger partial charge in [0.25, 0.3) is 5.56 Å². The summed E-state index contributed by atoms with van der Waals surface area (Å²) < 4.78 is 31.0. The number of H-pyrrole nitrogens is 1. The highest BCUT2D eigenvalue weighted by Gasteiger charge is 2.38. The number of aryl methyl sites for hydroxylation is 1. The number of ether oxygens (including phenoxy) is 3. The van der Waals surface area contributed by atoms with Gasteiger partial charge in [0.15, 0.2) is 0 Å². The molecule has 2 aromatic rings. The molecule has 0 spiro atoms. The van der Waals surface area contributed by atoms with E-state index in [1.54, 1.807) is 17.8 Å². The minimum absolute atomic E-state index is 0.0445. The summed E-state index contributed by atoms with van der Waals surface area (Å²) in [7, 11) is 0. The molecule has 3 rings (SSSR count). The van der Waals surface area contributed by atoms with Gasteiger partial charge in [0.05, 0.1) is 45.3 Å². The van der Waals surface area contributed by atoms with E-state index in [2.05, 4.69) is 15.3 Å². The van der Waals surface area contributed by atoms with Crippen LogP contribution in [0.3, 0.4) is 0 Å². The first-order valence-electron chi connectivity index (χ1n) is 9.24. The molecule has 1 fully saturated rings. The van der Waals surface area contributed by atoms with E-state index in [-0.39, 0.29) is 32.5 Å². The van der Waals surface area contributed by atoms with Gasteiger partial charge in [0.2, 0.25) is 0 Å². The number of aromatic nitrogens is 5. The molecule has 29 heavy (non-hydrogen) atoms. The first kappa shape index (κ1) is 21.3. The Morgan fingerprint density at radius 3 is 2.86 bits per heavy atom. The minimum Gasteiger partial charge on any atom is -0.394 e. The minimum atomic E-state index is -0.656. The zero-order valence-electron chi connectivity index (χ0n) is 16.0. The molecule has 12 heteroatoms. The van der Waals surface area contributed by atoms with Crippen molar-refractivity contribution in [2.45, 2.75) is 38.3 Å². The molecule has 160 valence electrons. The number of halogens is 1. The second-order valence-electron chi connectivity index (χ2n) is 6.64. The van der Waals surface area contributed by atoms with E-state index in [4.69, 9.17) is 14.2 Å².